The van der Waals surface area contributed by atoms with Crippen LogP contribution in [0.15, 0.2) is 48.5 Å². The number of aryl methyl sites for hydroxylation is 1. The van der Waals surface area contributed by atoms with Crippen LogP contribution in [-0.2, 0) is 7.05 Å². The minimum atomic E-state index is -0.175. The number of hydrogen-bond donors (Lipinski definition) is 1. The van der Waals surface area contributed by atoms with E-state index in [0.717, 1.165) is 43.0 Å². The molecule has 1 saturated heterocycles. The highest BCUT2D eigenvalue weighted by atomic mass is 19.1. The van der Waals surface area contributed by atoms with Crippen molar-refractivity contribution in [3.05, 3.63) is 65.7 Å². The Kier molecular flexibility index (Phi) is 4.04. The Morgan fingerprint density at radius 2 is 1.75 bits per heavy atom. The molecule has 0 radical (unpaired) electrons. The quantitative estimate of drug-likeness (QED) is 0.804. The molecule has 1 aliphatic heterocycles. The molecule has 124 valence electrons. The molecule has 1 aliphatic rings. The van der Waals surface area contributed by atoms with Gasteiger partial charge in [-0.15, -0.1) is 0 Å². The van der Waals surface area contributed by atoms with Gasteiger partial charge in [0, 0.05) is 38.8 Å². The van der Waals surface area contributed by atoms with Gasteiger partial charge in [-0.1, -0.05) is 30.3 Å². The average molecular weight is 324 g/mol. The highest BCUT2D eigenvalue weighted by molar-refractivity contribution is 5.76. The van der Waals surface area contributed by atoms with Crippen LogP contribution >= 0.6 is 0 Å². The molecule has 0 spiro atoms. The predicted octanol–water partition coefficient (Wildman–Crippen LogP) is 2.71. The Hall–Kier alpha value is -2.24. The molecule has 0 aliphatic carbocycles. The van der Waals surface area contributed by atoms with Gasteiger partial charge >= 0.3 is 0 Å². The number of halogens is 1. The number of nitrogens with one attached hydrogen (secondary N) is 1. The van der Waals surface area contributed by atoms with E-state index in [4.69, 9.17) is 4.98 Å². The van der Waals surface area contributed by atoms with Gasteiger partial charge in [0.15, 0.2) is 0 Å². The lowest BCUT2D eigenvalue weighted by Gasteiger charge is -2.34. The van der Waals surface area contributed by atoms with Crippen LogP contribution in [0.1, 0.15) is 17.4 Å². The van der Waals surface area contributed by atoms with Gasteiger partial charge in [0.1, 0.15) is 11.6 Å². The predicted molar refractivity (Wildman–Crippen MR) is 93.4 cm³/mol. The summed E-state index contributed by atoms with van der Waals surface area (Å²) in [5.74, 6) is 0.719. The number of nitrogens with zero attached hydrogens (tertiary/aromatic N) is 3. The molecule has 4 nitrogen and oxygen atoms in total. The van der Waals surface area contributed by atoms with Gasteiger partial charge < -0.3 is 9.88 Å². The van der Waals surface area contributed by atoms with Crippen LogP contribution in [0.4, 0.5) is 4.39 Å². The highest BCUT2D eigenvalue weighted by Crippen LogP contribution is 2.31. The molecule has 1 unspecified atom stereocenters. The van der Waals surface area contributed by atoms with Crippen LogP contribution in [0.3, 0.4) is 0 Å². The second kappa shape index (κ2) is 6.34. The Morgan fingerprint density at radius 3 is 2.50 bits per heavy atom. The number of benzene rings is 2. The third-order valence-corrected chi connectivity index (χ3v) is 4.78. The lowest BCUT2D eigenvalue weighted by Crippen LogP contribution is -2.46. The van der Waals surface area contributed by atoms with E-state index >= 15 is 0 Å². The van der Waals surface area contributed by atoms with Crippen LogP contribution in [-0.4, -0.2) is 40.6 Å². The normalized spacial score (nSPS) is 17.2. The van der Waals surface area contributed by atoms with Gasteiger partial charge in [0.25, 0.3) is 0 Å². The van der Waals surface area contributed by atoms with Gasteiger partial charge in [0.2, 0.25) is 0 Å². The van der Waals surface area contributed by atoms with E-state index in [2.05, 4.69) is 20.9 Å². The Balaban J connectivity index is 1.88. The molecular formula is C19H21FN4. The molecule has 2 heterocycles. The molecule has 0 saturated carbocycles. The van der Waals surface area contributed by atoms with Crippen molar-refractivity contribution >= 4 is 11.0 Å². The van der Waals surface area contributed by atoms with Crippen LogP contribution in [0.5, 0.6) is 0 Å². The molecule has 1 fully saturated rings. The summed E-state index contributed by atoms with van der Waals surface area (Å²) in [7, 11) is 2.01. The fraction of sp³-hybridized carbons (Fsp3) is 0.316. The number of aromatic nitrogens is 2. The topological polar surface area (TPSA) is 33.1 Å². The molecule has 2 aromatic carbocycles. The molecule has 1 N–H and O–H groups in total. The number of hydrogen-bond acceptors (Lipinski definition) is 3. The monoisotopic (exact) mass is 324 g/mol. The van der Waals surface area contributed by atoms with E-state index < -0.39 is 0 Å². The smallest absolute Gasteiger partial charge is 0.131 e. The summed E-state index contributed by atoms with van der Waals surface area (Å²) in [5, 5.41) is 3.37. The first-order valence-corrected chi connectivity index (χ1v) is 8.36. The van der Waals surface area contributed by atoms with E-state index in [1.54, 1.807) is 6.07 Å². The van der Waals surface area contributed by atoms with Crippen LogP contribution < -0.4 is 5.32 Å². The zero-order valence-corrected chi connectivity index (χ0v) is 13.7. The van der Waals surface area contributed by atoms with Crippen molar-refractivity contribution in [2.24, 2.45) is 7.05 Å². The fourth-order valence-corrected chi connectivity index (χ4v) is 3.54. The van der Waals surface area contributed by atoms with Gasteiger partial charge in [-0.2, -0.15) is 0 Å². The van der Waals surface area contributed by atoms with Crippen molar-refractivity contribution in [2.45, 2.75) is 6.04 Å². The number of fused-ring (bicyclic) bond motifs is 1. The average Bonchev–Trinajstić information content (AvgIpc) is 2.95. The number of para-hydroxylation sites is 2. The van der Waals surface area contributed by atoms with Crippen molar-refractivity contribution in [3.63, 3.8) is 0 Å². The first kappa shape index (κ1) is 15.3. The molecule has 0 amide bonds. The first-order chi connectivity index (χ1) is 11.8. The third-order valence-electron chi connectivity index (χ3n) is 4.78. The number of imidazole rings is 1. The summed E-state index contributed by atoms with van der Waals surface area (Å²) in [6.45, 7) is 3.58. The molecule has 0 bridgehead atoms. The third kappa shape index (κ3) is 2.60. The van der Waals surface area contributed by atoms with E-state index in [0.29, 0.717) is 5.56 Å². The van der Waals surface area contributed by atoms with Crippen molar-refractivity contribution in [1.82, 2.24) is 19.8 Å². The lowest BCUT2D eigenvalue weighted by molar-refractivity contribution is 0.187. The highest BCUT2D eigenvalue weighted by Gasteiger charge is 2.29. The molecule has 5 heteroatoms. The minimum Gasteiger partial charge on any atom is -0.329 e. The van der Waals surface area contributed by atoms with Gasteiger partial charge in [0.05, 0.1) is 17.1 Å². The second-order valence-electron chi connectivity index (χ2n) is 6.23. The van der Waals surface area contributed by atoms with Gasteiger partial charge in [-0.25, -0.2) is 9.37 Å². The zero-order valence-electron chi connectivity index (χ0n) is 13.7. The summed E-state index contributed by atoms with van der Waals surface area (Å²) < 4.78 is 16.7. The van der Waals surface area contributed by atoms with E-state index in [1.165, 1.54) is 6.07 Å². The Morgan fingerprint density at radius 1 is 1.04 bits per heavy atom. The lowest BCUT2D eigenvalue weighted by atomic mass is 10.0. The van der Waals surface area contributed by atoms with Crippen molar-refractivity contribution < 1.29 is 4.39 Å². The van der Waals surface area contributed by atoms with E-state index in [-0.39, 0.29) is 11.9 Å². The van der Waals surface area contributed by atoms with E-state index in [1.807, 2.05) is 37.4 Å². The Bertz CT molecular complexity index is 851. The van der Waals surface area contributed by atoms with Crippen molar-refractivity contribution in [3.8, 4) is 0 Å². The molecule has 1 aromatic heterocycles. The van der Waals surface area contributed by atoms with Crippen molar-refractivity contribution in [2.75, 3.05) is 26.2 Å². The van der Waals surface area contributed by atoms with Gasteiger partial charge in [-0.05, 0) is 18.2 Å². The van der Waals surface area contributed by atoms with E-state index in [9.17, 15) is 4.39 Å². The summed E-state index contributed by atoms with van der Waals surface area (Å²) in [6.07, 6.45) is 0. The standard InChI is InChI=1S/C19H21FN4/c1-23-17-9-5-4-8-16(17)22-19(23)18(24-12-10-21-11-13-24)14-6-2-3-7-15(14)20/h2-9,18,21H,10-13H2,1H3. The van der Waals surface area contributed by atoms with Crippen LogP contribution in [0.25, 0.3) is 11.0 Å². The minimum absolute atomic E-state index is 0.173. The summed E-state index contributed by atoms with van der Waals surface area (Å²) in [4.78, 5) is 7.16. The zero-order chi connectivity index (χ0) is 16.5. The maximum Gasteiger partial charge on any atom is 0.131 e. The largest absolute Gasteiger partial charge is 0.329 e. The first-order valence-electron chi connectivity index (χ1n) is 8.36. The van der Waals surface area contributed by atoms with Gasteiger partial charge in [-0.3, -0.25) is 4.90 Å². The van der Waals surface area contributed by atoms with Crippen LogP contribution in [0.2, 0.25) is 0 Å². The Labute approximate surface area is 140 Å². The van der Waals surface area contributed by atoms with Crippen LogP contribution in [0, 0.1) is 5.82 Å². The molecule has 3 aromatic rings. The molecular weight excluding hydrogens is 303 g/mol. The molecule has 24 heavy (non-hydrogen) atoms. The number of rotatable bonds is 3. The number of piperazine rings is 1. The molecule has 1 atom stereocenters. The SMILES string of the molecule is Cn1c(C(c2ccccc2F)N2CCNCC2)nc2ccccc21. The summed E-state index contributed by atoms with van der Waals surface area (Å²) in [5.41, 5.74) is 2.72. The molecule has 4 rings (SSSR count). The van der Waals surface area contributed by atoms with Crippen molar-refractivity contribution in [1.29, 1.82) is 0 Å². The summed E-state index contributed by atoms with van der Waals surface area (Å²) in [6, 6.07) is 14.9. The fourth-order valence-electron chi connectivity index (χ4n) is 3.54. The summed E-state index contributed by atoms with van der Waals surface area (Å²) >= 11 is 0. The maximum absolute atomic E-state index is 14.6. The maximum atomic E-state index is 14.6. The second-order valence-corrected chi connectivity index (χ2v) is 6.23.